The van der Waals surface area contributed by atoms with Crippen LogP contribution >= 0.6 is 0 Å². The Kier molecular flexibility index (Phi) is 7.53. The summed E-state index contributed by atoms with van der Waals surface area (Å²) in [7, 11) is 0. The summed E-state index contributed by atoms with van der Waals surface area (Å²) in [6, 6.07) is 9.17. The number of nitrogens with zero attached hydrogens (tertiary/aromatic N) is 1. The van der Waals surface area contributed by atoms with Crippen LogP contribution < -0.4 is 10.5 Å². The van der Waals surface area contributed by atoms with Gasteiger partial charge in [-0.2, -0.15) is 0 Å². The highest BCUT2D eigenvalue weighted by atomic mass is 16.5. The van der Waals surface area contributed by atoms with Crippen LogP contribution in [-0.2, 0) is 16.0 Å². The Hall–Kier alpha value is -3.62. The number of carboxylic acids is 1. The van der Waals surface area contributed by atoms with E-state index in [1.165, 1.54) is 23.1 Å². The van der Waals surface area contributed by atoms with Gasteiger partial charge in [-0.25, -0.2) is 4.79 Å². The molecule has 9 nitrogen and oxygen atoms in total. The molecule has 0 saturated heterocycles. The lowest BCUT2D eigenvalue weighted by Crippen LogP contribution is -2.36. The first-order chi connectivity index (χ1) is 13.8. The molecule has 2 rings (SSSR count). The van der Waals surface area contributed by atoms with Gasteiger partial charge in [0.05, 0.1) is 0 Å². The van der Waals surface area contributed by atoms with E-state index in [4.69, 9.17) is 25.4 Å². The second-order valence-corrected chi connectivity index (χ2v) is 6.30. The molecule has 1 amide bonds. The highest BCUT2D eigenvalue weighted by Crippen LogP contribution is 2.16. The quantitative estimate of drug-likeness (QED) is 0.239. The summed E-state index contributed by atoms with van der Waals surface area (Å²) in [6.45, 7) is 1.88. The lowest BCUT2D eigenvalue weighted by Gasteiger charge is -2.19. The molecule has 1 aromatic heterocycles. The lowest BCUT2D eigenvalue weighted by molar-refractivity contribution is -0.144. The summed E-state index contributed by atoms with van der Waals surface area (Å²) >= 11 is 0. The fraction of sp³-hybridized carbons (Fsp3) is 0.300. The number of nitrogens with one attached hydrogen (secondary N) is 1. The van der Waals surface area contributed by atoms with E-state index < -0.39 is 11.9 Å². The van der Waals surface area contributed by atoms with E-state index in [9.17, 15) is 14.4 Å². The molecule has 9 heteroatoms. The van der Waals surface area contributed by atoms with Gasteiger partial charge >= 0.3 is 11.9 Å². The number of esters is 1. The number of carbonyl (C=O) groups is 3. The normalized spacial score (nSPS) is 10.4. The minimum Gasteiger partial charge on any atom is -0.480 e. The zero-order chi connectivity index (χ0) is 21.4. The number of hydrogen-bond donors (Lipinski definition) is 3. The fourth-order valence-corrected chi connectivity index (χ4v) is 2.60. The summed E-state index contributed by atoms with van der Waals surface area (Å²) < 4.78 is 10.6. The maximum absolute atomic E-state index is 12.2. The zero-order valence-electron chi connectivity index (χ0n) is 16.0. The fourth-order valence-electron chi connectivity index (χ4n) is 2.60. The molecule has 0 atom stereocenters. The number of nitrogen functional groups attached to an aromatic ring is 1. The van der Waals surface area contributed by atoms with Crippen molar-refractivity contribution < 1.29 is 28.6 Å². The topological polar surface area (TPSA) is 147 Å². The van der Waals surface area contributed by atoms with Crippen LogP contribution in [0, 0.1) is 5.41 Å². The molecule has 2 aromatic rings. The van der Waals surface area contributed by atoms with Gasteiger partial charge in [-0.05, 0) is 42.8 Å². The predicted octanol–water partition coefficient (Wildman–Crippen LogP) is 2.04. The molecule has 0 aliphatic rings. The summed E-state index contributed by atoms with van der Waals surface area (Å²) in [5.41, 5.74) is 5.88. The zero-order valence-corrected chi connectivity index (χ0v) is 16.0. The van der Waals surface area contributed by atoms with Gasteiger partial charge in [0.25, 0.3) is 0 Å². The second-order valence-electron chi connectivity index (χ2n) is 6.30. The number of ether oxygens (including phenoxy) is 1. The average molecular weight is 401 g/mol. The van der Waals surface area contributed by atoms with Crippen molar-refractivity contribution in [3.05, 3.63) is 53.5 Å². The number of nitrogens with two attached hydrogens (primary N) is 1. The molecule has 1 heterocycles. The van der Waals surface area contributed by atoms with Crippen molar-refractivity contribution in [2.24, 2.45) is 5.73 Å². The average Bonchev–Trinajstić information content (AvgIpc) is 3.15. The number of amides is 1. The minimum absolute atomic E-state index is 0.0148. The first-order valence-corrected chi connectivity index (χ1v) is 9.05. The number of hydrogen-bond acceptors (Lipinski definition) is 6. The number of furan rings is 1. The molecule has 29 heavy (non-hydrogen) atoms. The van der Waals surface area contributed by atoms with Crippen molar-refractivity contribution in [1.29, 1.82) is 5.41 Å². The first kappa shape index (κ1) is 21.7. The minimum atomic E-state index is -1.06. The van der Waals surface area contributed by atoms with Crippen molar-refractivity contribution in [1.82, 2.24) is 4.90 Å². The number of amidine groups is 1. The van der Waals surface area contributed by atoms with Crippen molar-refractivity contribution in [3.8, 4) is 5.75 Å². The number of benzene rings is 1. The van der Waals surface area contributed by atoms with E-state index in [1.54, 1.807) is 18.2 Å². The van der Waals surface area contributed by atoms with Crippen molar-refractivity contribution >= 4 is 23.7 Å². The maximum atomic E-state index is 12.2. The van der Waals surface area contributed by atoms with E-state index in [1.807, 2.05) is 6.92 Å². The van der Waals surface area contributed by atoms with Crippen LogP contribution in [0.4, 0.5) is 0 Å². The number of carbonyl (C=O) groups excluding carboxylic acids is 2. The predicted molar refractivity (Wildman–Crippen MR) is 104 cm³/mol. The van der Waals surface area contributed by atoms with Gasteiger partial charge in [0.1, 0.15) is 23.9 Å². The molecule has 0 bridgehead atoms. The van der Waals surface area contributed by atoms with Crippen LogP contribution in [0.15, 0.2) is 40.8 Å². The van der Waals surface area contributed by atoms with Gasteiger partial charge in [0, 0.05) is 24.9 Å². The van der Waals surface area contributed by atoms with E-state index in [0.29, 0.717) is 24.3 Å². The van der Waals surface area contributed by atoms with E-state index in [-0.39, 0.29) is 42.6 Å². The van der Waals surface area contributed by atoms with Gasteiger partial charge in [0.2, 0.25) is 11.7 Å². The number of aliphatic carboxylic acids is 1. The highest BCUT2D eigenvalue weighted by molar-refractivity contribution is 5.95. The summed E-state index contributed by atoms with van der Waals surface area (Å²) in [5, 5.41) is 16.2. The van der Waals surface area contributed by atoms with Gasteiger partial charge in [0.15, 0.2) is 0 Å². The maximum Gasteiger partial charge on any atom is 0.379 e. The lowest BCUT2D eigenvalue weighted by atomic mass is 10.2. The molecule has 0 fully saturated rings. The van der Waals surface area contributed by atoms with Crippen LogP contribution in [0.3, 0.4) is 0 Å². The molecule has 154 valence electrons. The number of carboxylic acid groups (broad SMARTS) is 1. The van der Waals surface area contributed by atoms with Crippen LogP contribution in [0.25, 0.3) is 0 Å². The Labute approximate surface area is 167 Å². The Morgan fingerprint density at radius 1 is 1.17 bits per heavy atom. The molecular weight excluding hydrogens is 378 g/mol. The molecular formula is C20H23N3O6. The Morgan fingerprint density at radius 2 is 1.86 bits per heavy atom. The van der Waals surface area contributed by atoms with Gasteiger partial charge in [-0.1, -0.05) is 6.92 Å². The third-order valence-electron chi connectivity index (χ3n) is 4.00. The second kappa shape index (κ2) is 10.1. The van der Waals surface area contributed by atoms with Gasteiger partial charge < -0.3 is 24.9 Å². The van der Waals surface area contributed by atoms with Crippen LogP contribution in [-0.4, -0.2) is 46.8 Å². The summed E-state index contributed by atoms with van der Waals surface area (Å²) in [4.78, 5) is 36.5. The van der Waals surface area contributed by atoms with Crippen molar-refractivity contribution in [3.63, 3.8) is 0 Å². The van der Waals surface area contributed by atoms with Crippen molar-refractivity contribution in [2.45, 2.75) is 26.2 Å². The molecule has 0 aliphatic carbocycles. The molecule has 4 N–H and O–H groups in total. The number of rotatable bonds is 10. The third kappa shape index (κ3) is 6.49. The molecule has 0 radical (unpaired) electrons. The van der Waals surface area contributed by atoms with Crippen LogP contribution in [0.2, 0.25) is 0 Å². The van der Waals surface area contributed by atoms with Crippen LogP contribution in [0.5, 0.6) is 5.75 Å². The Balaban J connectivity index is 1.92. The third-order valence-corrected chi connectivity index (χ3v) is 4.00. The van der Waals surface area contributed by atoms with Crippen LogP contribution in [0.1, 0.15) is 41.6 Å². The Morgan fingerprint density at radius 3 is 2.45 bits per heavy atom. The van der Waals surface area contributed by atoms with E-state index >= 15 is 0 Å². The van der Waals surface area contributed by atoms with E-state index in [0.717, 1.165) is 0 Å². The number of aryl methyl sites for hydroxylation is 1. The monoisotopic (exact) mass is 401 g/mol. The summed E-state index contributed by atoms with van der Waals surface area (Å²) in [5.74, 6) is -1.46. The van der Waals surface area contributed by atoms with Gasteiger partial charge in [-0.15, -0.1) is 0 Å². The molecule has 0 aliphatic heterocycles. The molecule has 0 spiro atoms. The largest absolute Gasteiger partial charge is 0.480 e. The molecule has 1 aromatic carbocycles. The molecule has 0 saturated carbocycles. The standard InChI is InChI=1S/C20H23N3O6/c1-2-11-23(12-18(25)26)17(24)10-8-14-7-9-16(28-14)20(27)29-15-5-3-13(4-6-15)19(21)22/h3-7,9H,2,8,10-12H2,1H3,(H3,21,22)(H,25,26). The SMILES string of the molecule is CCCN(CC(=O)O)C(=O)CCc1ccc(C(=O)Oc2ccc(C(=N)N)cc2)o1. The Bertz CT molecular complexity index is 888. The van der Waals surface area contributed by atoms with Gasteiger partial charge in [-0.3, -0.25) is 15.0 Å². The highest BCUT2D eigenvalue weighted by Gasteiger charge is 2.18. The van der Waals surface area contributed by atoms with E-state index in [2.05, 4.69) is 0 Å². The smallest absolute Gasteiger partial charge is 0.379 e. The molecule has 0 unspecified atom stereocenters. The summed E-state index contributed by atoms with van der Waals surface area (Å²) in [6.07, 6.45) is 0.963. The van der Waals surface area contributed by atoms with Crippen molar-refractivity contribution in [2.75, 3.05) is 13.1 Å². The first-order valence-electron chi connectivity index (χ1n) is 9.05.